The summed E-state index contributed by atoms with van der Waals surface area (Å²) in [6.07, 6.45) is 4.48. The fraction of sp³-hybridized carbons (Fsp3) is 0.692. The van der Waals surface area contributed by atoms with Gasteiger partial charge in [-0.05, 0) is 19.8 Å². The van der Waals surface area contributed by atoms with Crippen molar-refractivity contribution in [1.29, 1.82) is 0 Å². The standard InChI is InChI=1S/C13H21N3O4S/c1-3-10-14-8-11(15-10)21(19,20)16-9-6-4-5-7-13(9,2)12(17)18/h8-9,16H,3-7H2,1-2H3,(H,14,15)(H,17,18). The van der Waals surface area contributed by atoms with Crippen molar-refractivity contribution in [2.75, 3.05) is 0 Å². The average molecular weight is 315 g/mol. The maximum atomic E-state index is 12.4. The maximum absolute atomic E-state index is 12.4. The number of carboxylic acids is 1. The second-order valence-electron chi connectivity index (χ2n) is 5.69. The number of hydrogen-bond acceptors (Lipinski definition) is 4. The van der Waals surface area contributed by atoms with E-state index in [1.807, 2.05) is 6.92 Å². The highest BCUT2D eigenvalue weighted by atomic mass is 32.2. The molecule has 2 atom stereocenters. The summed E-state index contributed by atoms with van der Waals surface area (Å²) in [4.78, 5) is 18.2. The summed E-state index contributed by atoms with van der Waals surface area (Å²) < 4.78 is 27.3. The minimum absolute atomic E-state index is 0.0161. The van der Waals surface area contributed by atoms with Crippen molar-refractivity contribution in [3.05, 3.63) is 12.0 Å². The third-order valence-electron chi connectivity index (χ3n) is 4.22. The summed E-state index contributed by atoms with van der Waals surface area (Å²) >= 11 is 0. The fourth-order valence-electron chi connectivity index (χ4n) is 2.69. The molecule has 1 heterocycles. The third-order valence-corrected chi connectivity index (χ3v) is 5.60. The van der Waals surface area contributed by atoms with Gasteiger partial charge in [0.15, 0.2) is 5.03 Å². The van der Waals surface area contributed by atoms with Gasteiger partial charge in [-0.2, -0.15) is 0 Å². The Kier molecular flexibility index (Phi) is 4.38. The Labute approximate surface area is 124 Å². The van der Waals surface area contributed by atoms with E-state index in [1.165, 1.54) is 6.20 Å². The number of aromatic amines is 1. The normalized spacial score (nSPS) is 26.7. The predicted octanol–water partition coefficient (Wildman–Crippen LogP) is 1.28. The van der Waals surface area contributed by atoms with Gasteiger partial charge < -0.3 is 10.1 Å². The first-order chi connectivity index (χ1) is 9.79. The van der Waals surface area contributed by atoms with E-state index in [-0.39, 0.29) is 5.03 Å². The molecule has 118 valence electrons. The molecule has 2 rings (SSSR count). The lowest BCUT2D eigenvalue weighted by Gasteiger charge is -2.37. The Morgan fingerprint density at radius 3 is 2.86 bits per heavy atom. The minimum atomic E-state index is -3.79. The van der Waals surface area contributed by atoms with Crippen LogP contribution in [-0.4, -0.2) is 35.5 Å². The van der Waals surface area contributed by atoms with Crippen LogP contribution in [-0.2, 0) is 21.2 Å². The zero-order chi connectivity index (χ0) is 15.7. The van der Waals surface area contributed by atoms with Crippen LogP contribution in [0.2, 0.25) is 0 Å². The Balaban J connectivity index is 2.24. The summed E-state index contributed by atoms with van der Waals surface area (Å²) in [6, 6.07) is -0.609. The molecule has 21 heavy (non-hydrogen) atoms. The van der Waals surface area contributed by atoms with E-state index in [2.05, 4.69) is 14.7 Å². The van der Waals surface area contributed by atoms with Crippen LogP contribution in [0.15, 0.2) is 11.2 Å². The van der Waals surface area contributed by atoms with Crippen LogP contribution in [0, 0.1) is 5.41 Å². The lowest BCUT2D eigenvalue weighted by atomic mass is 9.72. The number of rotatable bonds is 5. The number of aliphatic carboxylic acids is 1. The van der Waals surface area contributed by atoms with E-state index >= 15 is 0 Å². The fourth-order valence-corrected chi connectivity index (χ4v) is 4.01. The van der Waals surface area contributed by atoms with E-state index in [9.17, 15) is 18.3 Å². The summed E-state index contributed by atoms with van der Waals surface area (Å²) in [5.41, 5.74) is -1.07. The van der Waals surface area contributed by atoms with E-state index in [1.54, 1.807) is 6.92 Å². The first-order valence-corrected chi connectivity index (χ1v) is 8.57. The zero-order valence-corrected chi connectivity index (χ0v) is 13.0. The van der Waals surface area contributed by atoms with Gasteiger partial charge >= 0.3 is 5.97 Å². The topological polar surface area (TPSA) is 112 Å². The highest BCUT2D eigenvalue weighted by Gasteiger charge is 2.45. The van der Waals surface area contributed by atoms with Gasteiger partial charge in [0.05, 0.1) is 11.6 Å². The van der Waals surface area contributed by atoms with Crippen LogP contribution in [0.1, 0.15) is 45.4 Å². The Hall–Kier alpha value is -1.41. The predicted molar refractivity (Wildman–Crippen MR) is 76.3 cm³/mol. The summed E-state index contributed by atoms with van der Waals surface area (Å²) in [7, 11) is -3.79. The molecule has 0 bridgehead atoms. The molecule has 1 aliphatic rings. The number of aromatic nitrogens is 2. The SMILES string of the molecule is CCc1ncc(S(=O)(=O)NC2CCCCC2(C)C(=O)O)[nH]1. The quantitative estimate of drug-likeness (QED) is 0.758. The smallest absolute Gasteiger partial charge is 0.310 e. The number of aryl methyl sites for hydroxylation is 1. The van der Waals surface area contributed by atoms with Crippen LogP contribution < -0.4 is 4.72 Å². The second kappa shape index (κ2) is 5.76. The first kappa shape index (κ1) is 16.0. The van der Waals surface area contributed by atoms with E-state index in [0.717, 1.165) is 12.8 Å². The van der Waals surface area contributed by atoms with Crippen LogP contribution >= 0.6 is 0 Å². The van der Waals surface area contributed by atoms with E-state index in [4.69, 9.17) is 0 Å². The van der Waals surface area contributed by atoms with Crippen LogP contribution in [0.4, 0.5) is 0 Å². The molecule has 0 aliphatic heterocycles. The first-order valence-electron chi connectivity index (χ1n) is 7.09. The zero-order valence-electron chi connectivity index (χ0n) is 12.2. The van der Waals surface area contributed by atoms with Gasteiger partial charge in [0.1, 0.15) is 5.82 Å². The van der Waals surface area contributed by atoms with Crippen LogP contribution in [0.25, 0.3) is 0 Å². The second-order valence-corrected chi connectivity index (χ2v) is 7.37. The number of carbonyl (C=O) groups is 1. The van der Waals surface area contributed by atoms with Crippen molar-refractivity contribution in [3.8, 4) is 0 Å². The van der Waals surface area contributed by atoms with Gasteiger partial charge in [0, 0.05) is 12.5 Å². The molecule has 7 nitrogen and oxygen atoms in total. The molecule has 2 unspecified atom stereocenters. The number of nitrogens with zero attached hydrogens (tertiary/aromatic N) is 1. The molecule has 0 radical (unpaired) electrons. The molecule has 8 heteroatoms. The third kappa shape index (κ3) is 3.11. The highest BCUT2D eigenvalue weighted by Crippen LogP contribution is 2.37. The van der Waals surface area contributed by atoms with Gasteiger partial charge in [0.25, 0.3) is 10.0 Å². The molecule has 0 saturated heterocycles. The molecule has 1 aromatic rings. The lowest BCUT2D eigenvalue weighted by molar-refractivity contribution is -0.151. The molecular weight excluding hydrogens is 294 g/mol. The number of imidazole rings is 1. The Bertz CT molecular complexity index is 625. The number of nitrogens with one attached hydrogen (secondary N) is 2. The molecule has 1 fully saturated rings. The van der Waals surface area contributed by atoms with Crippen molar-refractivity contribution >= 4 is 16.0 Å². The molecular formula is C13H21N3O4S. The molecule has 1 aliphatic carbocycles. The lowest BCUT2D eigenvalue weighted by Crippen LogP contribution is -2.52. The summed E-state index contributed by atoms with van der Waals surface area (Å²) in [6.45, 7) is 3.47. The number of H-pyrrole nitrogens is 1. The summed E-state index contributed by atoms with van der Waals surface area (Å²) in [5.74, 6) is -0.381. The van der Waals surface area contributed by atoms with Gasteiger partial charge in [-0.25, -0.2) is 18.1 Å². The van der Waals surface area contributed by atoms with Crippen LogP contribution in [0.5, 0.6) is 0 Å². The van der Waals surface area contributed by atoms with E-state index < -0.39 is 27.4 Å². The molecule has 0 aromatic carbocycles. The van der Waals surface area contributed by atoms with E-state index in [0.29, 0.717) is 25.1 Å². The van der Waals surface area contributed by atoms with Gasteiger partial charge in [-0.1, -0.05) is 19.8 Å². The maximum Gasteiger partial charge on any atom is 0.310 e. The van der Waals surface area contributed by atoms with Crippen molar-refractivity contribution < 1.29 is 18.3 Å². The Morgan fingerprint density at radius 1 is 1.57 bits per heavy atom. The Morgan fingerprint density at radius 2 is 2.29 bits per heavy atom. The molecule has 0 spiro atoms. The van der Waals surface area contributed by atoms with Gasteiger partial charge in [0.2, 0.25) is 0 Å². The average Bonchev–Trinajstić information content (AvgIpc) is 2.91. The number of sulfonamides is 1. The number of carboxylic acid groups (broad SMARTS) is 1. The molecule has 0 amide bonds. The summed E-state index contributed by atoms with van der Waals surface area (Å²) in [5, 5.41) is 9.41. The monoisotopic (exact) mass is 315 g/mol. The molecule has 1 aromatic heterocycles. The van der Waals surface area contributed by atoms with Gasteiger partial charge in [-0.3, -0.25) is 4.79 Å². The highest BCUT2D eigenvalue weighted by molar-refractivity contribution is 7.89. The van der Waals surface area contributed by atoms with Crippen molar-refractivity contribution in [2.24, 2.45) is 5.41 Å². The van der Waals surface area contributed by atoms with Crippen LogP contribution in [0.3, 0.4) is 0 Å². The van der Waals surface area contributed by atoms with Crippen molar-refractivity contribution in [2.45, 2.75) is 57.0 Å². The van der Waals surface area contributed by atoms with Gasteiger partial charge in [-0.15, -0.1) is 0 Å². The molecule has 1 saturated carbocycles. The van der Waals surface area contributed by atoms with Crippen molar-refractivity contribution in [1.82, 2.24) is 14.7 Å². The molecule has 3 N–H and O–H groups in total. The van der Waals surface area contributed by atoms with Crippen molar-refractivity contribution in [3.63, 3.8) is 0 Å². The minimum Gasteiger partial charge on any atom is -0.481 e. The number of hydrogen-bond donors (Lipinski definition) is 3. The largest absolute Gasteiger partial charge is 0.481 e.